The first kappa shape index (κ1) is 14.5. The minimum atomic E-state index is 0.0606. The molecule has 0 aliphatic carbocycles. The zero-order chi connectivity index (χ0) is 14.2. The monoisotopic (exact) mass is 271 g/mol. The van der Waals surface area contributed by atoms with Crippen molar-refractivity contribution in [3.8, 4) is 6.07 Å². The second-order valence-corrected chi connectivity index (χ2v) is 5.27. The number of nitrogens with one attached hydrogen (secondary N) is 2. The number of carbonyl (C=O) groups excluding carboxylic acids is 1. The molecular weight excluding hydrogens is 250 g/mol. The maximum absolute atomic E-state index is 11.9. The second kappa shape index (κ2) is 7.66. The average Bonchev–Trinajstić information content (AvgIpc) is 2.49. The predicted molar refractivity (Wildman–Crippen MR) is 79.3 cm³/mol. The van der Waals surface area contributed by atoms with Crippen molar-refractivity contribution in [2.45, 2.75) is 44.6 Å². The van der Waals surface area contributed by atoms with Gasteiger partial charge in [0, 0.05) is 18.2 Å². The first-order valence-corrected chi connectivity index (χ1v) is 7.27. The fourth-order valence-corrected chi connectivity index (χ4v) is 2.50. The lowest BCUT2D eigenvalue weighted by Crippen LogP contribution is -2.34. The Bertz CT molecular complexity index is 469. The summed E-state index contributed by atoms with van der Waals surface area (Å²) >= 11 is 0. The Labute approximate surface area is 120 Å². The predicted octanol–water partition coefficient (Wildman–Crippen LogP) is 2.61. The highest BCUT2D eigenvalue weighted by atomic mass is 16.1. The molecule has 106 valence electrons. The van der Waals surface area contributed by atoms with Gasteiger partial charge in [-0.05, 0) is 43.5 Å². The second-order valence-electron chi connectivity index (χ2n) is 5.27. The van der Waals surface area contributed by atoms with Gasteiger partial charge in [0.15, 0.2) is 0 Å². The van der Waals surface area contributed by atoms with E-state index < -0.39 is 0 Å². The van der Waals surface area contributed by atoms with Crippen LogP contribution >= 0.6 is 0 Å². The van der Waals surface area contributed by atoms with Gasteiger partial charge < -0.3 is 10.6 Å². The van der Waals surface area contributed by atoms with Crippen LogP contribution in [0.4, 0.5) is 5.69 Å². The van der Waals surface area contributed by atoms with Gasteiger partial charge in [-0.15, -0.1) is 0 Å². The smallest absolute Gasteiger partial charge is 0.224 e. The number of nitrogens with zero attached hydrogens (tertiary/aromatic N) is 1. The number of hydrogen-bond acceptors (Lipinski definition) is 3. The normalized spacial score (nSPS) is 18.2. The van der Waals surface area contributed by atoms with Gasteiger partial charge in [0.2, 0.25) is 5.91 Å². The Morgan fingerprint density at radius 1 is 1.35 bits per heavy atom. The van der Waals surface area contributed by atoms with Crippen molar-refractivity contribution < 1.29 is 4.79 Å². The summed E-state index contributed by atoms with van der Waals surface area (Å²) in [5.74, 6) is 0.0606. The van der Waals surface area contributed by atoms with Crippen molar-refractivity contribution >= 4 is 11.6 Å². The van der Waals surface area contributed by atoms with E-state index in [1.54, 1.807) is 0 Å². The van der Waals surface area contributed by atoms with E-state index in [0.717, 1.165) is 24.2 Å². The number of rotatable bonds is 5. The lowest BCUT2D eigenvalue weighted by atomic mass is 10.0. The summed E-state index contributed by atoms with van der Waals surface area (Å²) < 4.78 is 0. The minimum absolute atomic E-state index is 0.0606. The zero-order valence-electron chi connectivity index (χ0n) is 11.7. The lowest BCUT2D eigenvalue weighted by molar-refractivity contribution is -0.116. The first-order valence-electron chi connectivity index (χ1n) is 7.27. The Balaban J connectivity index is 1.74. The Kier molecular flexibility index (Phi) is 5.57. The van der Waals surface area contributed by atoms with Gasteiger partial charge in [0.05, 0.1) is 12.5 Å². The molecule has 2 rings (SSSR count). The Morgan fingerprint density at radius 3 is 2.80 bits per heavy atom. The van der Waals surface area contributed by atoms with Gasteiger partial charge in [0.25, 0.3) is 0 Å². The molecule has 0 bridgehead atoms. The summed E-state index contributed by atoms with van der Waals surface area (Å²) in [4.78, 5) is 11.9. The third kappa shape index (κ3) is 4.67. The van der Waals surface area contributed by atoms with Gasteiger partial charge in [-0.1, -0.05) is 18.6 Å². The molecule has 2 N–H and O–H groups in total. The molecule has 0 radical (unpaired) electrons. The summed E-state index contributed by atoms with van der Waals surface area (Å²) in [6, 6.07) is 10.1. The highest BCUT2D eigenvalue weighted by molar-refractivity contribution is 5.90. The number of benzene rings is 1. The van der Waals surface area contributed by atoms with E-state index in [4.69, 9.17) is 5.26 Å². The van der Waals surface area contributed by atoms with E-state index in [-0.39, 0.29) is 5.91 Å². The van der Waals surface area contributed by atoms with Crippen LogP contribution in [0, 0.1) is 11.3 Å². The van der Waals surface area contributed by atoms with Crippen molar-refractivity contribution in [3.05, 3.63) is 29.8 Å². The molecule has 0 spiro atoms. The average molecular weight is 271 g/mol. The van der Waals surface area contributed by atoms with Crippen molar-refractivity contribution in [2.75, 3.05) is 11.9 Å². The molecule has 0 aromatic heterocycles. The number of carbonyl (C=O) groups is 1. The molecule has 1 atom stereocenters. The van der Waals surface area contributed by atoms with Crippen LogP contribution in [0.2, 0.25) is 0 Å². The lowest BCUT2D eigenvalue weighted by Gasteiger charge is -2.23. The molecule has 1 aliphatic heterocycles. The maximum atomic E-state index is 11.9. The summed E-state index contributed by atoms with van der Waals surface area (Å²) in [5.41, 5.74) is 1.77. The molecule has 1 aromatic rings. The number of amides is 1. The molecule has 0 saturated carbocycles. The standard InChI is InChI=1S/C16H21N3O/c17-11-10-13-4-6-15(7-5-13)19-16(20)9-8-14-3-1-2-12-18-14/h4-7,14,18H,1-3,8-10,12H2,(H,19,20). The van der Waals surface area contributed by atoms with Gasteiger partial charge in [-0.25, -0.2) is 0 Å². The molecule has 1 aliphatic rings. The van der Waals surface area contributed by atoms with Crippen LogP contribution in [0.1, 0.15) is 37.7 Å². The SMILES string of the molecule is N#CCc1ccc(NC(=O)CCC2CCCCN2)cc1. The van der Waals surface area contributed by atoms with E-state index in [1.165, 1.54) is 19.3 Å². The van der Waals surface area contributed by atoms with Crippen LogP contribution in [-0.4, -0.2) is 18.5 Å². The Hall–Kier alpha value is -1.86. The number of anilines is 1. The van der Waals surface area contributed by atoms with Crippen molar-refractivity contribution in [2.24, 2.45) is 0 Å². The molecule has 1 unspecified atom stereocenters. The quantitative estimate of drug-likeness (QED) is 0.865. The summed E-state index contributed by atoms with van der Waals surface area (Å²) in [6.07, 6.45) is 5.55. The topological polar surface area (TPSA) is 64.9 Å². The van der Waals surface area contributed by atoms with Crippen molar-refractivity contribution in [3.63, 3.8) is 0 Å². The summed E-state index contributed by atoms with van der Waals surface area (Å²) in [7, 11) is 0. The zero-order valence-corrected chi connectivity index (χ0v) is 11.7. The third-order valence-corrected chi connectivity index (χ3v) is 3.65. The molecule has 1 saturated heterocycles. The van der Waals surface area contributed by atoms with Crippen LogP contribution in [0.3, 0.4) is 0 Å². The number of nitriles is 1. The van der Waals surface area contributed by atoms with Crippen molar-refractivity contribution in [1.82, 2.24) is 5.32 Å². The van der Waals surface area contributed by atoms with Gasteiger partial charge in [0.1, 0.15) is 0 Å². The van der Waals surface area contributed by atoms with Crippen LogP contribution in [0.15, 0.2) is 24.3 Å². The molecule has 1 fully saturated rings. The molecule has 4 heteroatoms. The number of piperidine rings is 1. The van der Waals surface area contributed by atoms with Gasteiger partial charge in [-0.2, -0.15) is 5.26 Å². The van der Waals surface area contributed by atoms with E-state index in [1.807, 2.05) is 24.3 Å². The first-order chi connectivity index (χ1) is 9.78. The van der Waals surface area contributed by atoms with Crippen molar-refractivity contribution in [1.29, 1.82) is 5.26 Å². The fourth-order valence-electron chi connectivity index (χ4n) is 2.50. The molecule has 20 heavy (non-hydrogen) atoms. The molecular formula is C16H21N3O. The minimum Gasteiger partial charge on any atom is -0.326 e. The van der Waals surface area contributed by atoms with E-state index >= 15 is 0 Å². The fraction of sp³-hybridized carbons (Fsp3) is 0.500. The Morgan fingerprint density at radius 2 is 2.15 bits per heavy atom. The summed E-state index contributed by atoms with van der Waals surface area (Å²) in [6.45, 7) is 1.08. The largest absolute Gasteiger partial charge is 0.326 e. The third-order valence-electron chi connectivity index (χ3n) is 3.65. The highest BCUT2D eigenvalue weighted by Crippen LogP contribution is 2.14. The van der Waals surface area contributed by atoms with Crippen LogP contribution in [0.5, 0.6) is 0 Å². The van der Waals surface area contributed by atoms with E-state index in [2.05, 4.69) is 16.7 Å². The highest BCUT2D eigenvalue weighted by Gasteiger charge is 2.13. The van der Waals surface area contributed by atoms with Crippen LogP contribution < -0.4 is 10.6 Å². The van der Waals surface area contributed by atoms with Crippen LogP contribution in [0.25, 0.3) is 0 Å². The molecule has 1 amide bonds. The van der Waals surface area contributed by atoms with E-state index in [0.29, 0.717) is 18.9 Å². The molecule has 1 aromatic carbocycles. The molecule has 4 nitrogen and oxygen atoms in total. The van der Waals surface area contributed by atoms with Gasteiger partial charge >= 0.3 is 0 Å². The van der Waals surface area contributed by atoms with E-state index in [9.17, 15) is 4.79 Å². The number of hydrogen-bond donors (Lipinski definition) is 2. The maximum Gasteiger partial charge on any atom is 0.224 e. The van der Waals surface area contributed by atoms with Crippen LogP contribution in [-0.2, 0) is 11.2 Å². The molecule has 1 heterocycles. The summed E-state index contributed by atoms with van der Waals surface area (Å²) in [5, 5.41) is 15.0. The van der Waals surface area contributed by atoms with Gasteiger partial charge in [-0.3, -0.25) is 4.79 Å².